The molecule has 34 heavy (non-hydrogen) atoms. The number of aromatic nitrogens is 3. The topological polar surface area (TPSA) is 80.3 Å². The molecule has 0 bridgehead atoms. The average Bonchev–Trinajstić information content (AvgIpc) is 3.43. The van der Waals surface area contributed by atoms with Crippen LogP contribution in [0.25, 0.3) is 16.6 Å². The van der Waals surface area contributed by atoms with E-state index in [4.69, 9.17) is 11.6 Å². The standard InChI is InChI=1S/C23H18ClF2N3O3S.Na/c24-16-7-6-15-21(19(16)26)29(13-10-27-28(11-13)8-9-30)20(12-4-5-12)22(15)33-17-3-1-2-14(18(17)25)23(31)32;/h1-3,6-7,10-12,30H,4-5,8-9H2,(H,31,32);. The molecule has 2 aromatic heterocycles. The molecule has 1 aliphatic carbocycles. The first-order valence-electron chi connectivity index (χ1n) is 10.3. The number of carbonyl (C=O) groups is 1. The Labute approximate surface area is 224 Å². The summed E-state index contributed by atoms with van der Waals surface area (Å²) < 4.78 is 33.7. The van der Waals surface area contributed by atoms with E-state index in [9.17, 15) is 19.4 Å². The van der Waals surface area contributed by atoms with E-state index in [0.717, 1.165) is 30.3 Å². The number of hydrogen-bond donors (Lipinski definition) is 2. The summed E-state index contributed by atoms with van der Waals surface area (Å²) in [5.41, 5.74) is 1.24. The maximum absolute atomic E-state index is 15.4. The molecular weight excluding hydrogens is 495 g/mol. The molecular formula is C23H18ClF2N3NaO3S. The zero-order valence-electron chi connectivity index (χ0n) is 18.1. The molecule has 0 amide bonds. The van der Waals surface area contributed by atoms with Gasteiger partial charge in [0.05, 0.1) is 41.1 Å². The first-order chi connectivity index (χ1) is 15.9. The number of fused-ring (bicyclic) bond motifs is 1. The summed E-state index contributed by atoms with van der Waals surface area (Å²) in [5.74, 6) is -2.65. The van der Waals surface area contributed by atoms with Gasteiger partial charge >= 0.3 is 5.97 Å². The summed E-state index contributed by atoms with van der Waals surface area (Å²) in [6, 6.07) is 7.37. The predicted octanol–water partition coefficient (Wildman–Crippen LogP) is 5.10. The Morgan fingerprint density at radius 1 is 1.21 bits per heavy atom. The smallest absolute Gasteiger partial charge is 0.338 e. The Hall–Kier alpha value is -1.88. The summed E-state index contributed by atoms with van der Waals surface area (Å²) in [7, 11) is 0. The minimum absolute atomic E-state index is 0. The monoisotopic (exact) mass is 512 g/mol. The molecule has 1 saturated carbocycles. The largest absolute Gasteiger partial charge is 0.478 e. The van der Waals surface area contributed by atoms with Crippen molar-refractivity contribution >= 4 is 69.8 Å². The van der Waals surface area contributed by atoms with Crippen LogP contribution in [0.15, 0.2) is 52.5 Å². The molecule has 1 aliphatic rings. The number of benzene rings is 2. The van der Waals surface area contributed by atoms with Crippen molar-refractivity contribution in [2.45, 2.75) is 35.1 Å². The molecule has 5 rings (SSSR count). The molecule has 0 saturated heterocycles. The van der Waals surface area contributed by atoms with Crippen LogP contribution < -0.4 is 0 Å². The zero-order valence-corrected chi connectivity index (χ0v) is 21.7. The van der Waals surface area contributed by atoms with Gasteiger partial charge in [-0.25, -0.2) is 13.6 Å². The van der Waals surface area contributed by atoms with E-state index >= 15 is 4.39 Å². The Bertz CT molecular complexity index is 1400. The number of aromatic carboxylic acids is 1. The van der Waals surface area contributed by atoms with Gasteiger partial charge in [-0.15, -0.1) is 0 Å². The van der Waals surface area contributed by atoms with E-state index in [1.165, 1.54) is 24.3 Å². The third-order valence-corrected chi connectivity index (χ3v) is 7.05. The molecule has 2 N–H and O–H groups in total. The summed E-state index contributed by atoms with van der Waals surface area (Å²) >= 11 is 7.21. The summed E-state index contributed by atoms with van der Waals surface area (Å²) in [5, 5.41) is 23.3. The van der Waals surface area contributed by atoms with E-state index in [0.29, 0.717) is 16.0 Å². The zero-order chi connectivity index (χ0) is 23.3. The maximum Gasteiger partial charge on any atom is 0.338 e. The summed E-state index contributed by atoms with van der Waals surface area (Å²) in [4.78, 5) is 12.2. The van der Waals surface area contributed by atoms with Crippen molar-refractivity contribution in [1.82, 2.24) is 14.3 Å². The van der Waals surface area contributed by atoms with Crippen LogP contribution in [-0.2, 0) is 6.54 Å². The molecule has 1 fully saturated rings. The SMILES string of the molecule is O=C(O)c1cccc(Sc2c(C3CC3)n(-c3cnn(CCO)c3)c3c(F)c(Cl)ccc23)c1F.[Na]. The van der Waals surface area contributed by atoms with Crippen LogP contribution in [0.2, 0.25) is 5.02 Å². The maximum atomic E-state index is 15.4. The molecule has 171 valence electrons. The number of carboxylic acids is 1. The second-order valence-electron chi connectivity index (χ2n) is 7.79. The molecule has 0 atom stereocenters. The Kier molecular flexibility index (Phi) is 7.42. The van der Waals surface area contributed by atoms with E-state index < -0.39 is 23.2 Å². The molecule has 2 aromatic carbocycles. The molecule has 4 aromatic rings. The number of nitrogens with zero attached hydrogens (tertiary/aromatic N) is 3. The summed E-state index contributed by atoms with van der Waals surface area (Å²) in [6.45, 7) is 0.194. The van der Waals surface area contributed by atoms with Crippen LogP contribution in [0.3, 0.4) is 0 Å². The van der Waals surface area contributed by atoms with Crippen molar-refractivity contribution in [3.8, 4) is 5.69 Å². The average molecular weight is 513 g/mol. The van der Waals surface area contributed by atoms with Crippen LogP contribution >= 0.6 is 23.4 Å². The van der Waals surface area contributed by atoms with Gasteiger partial charge in [0.15, 0.2) is 11.6 Å². The Morgan fingerprint density at radius 3 is 2.65 bits per heavy atom. The van der Waals surface area contributed by atoms with Crippen LogP contribution in [0, 0.1) is 11.6 Å². The van der Waals surface area contributed by atoms with Gasteiger partial charge in [0.2, 0.25) is 0 Å². The minimum Gasteiger partial charge on any atom is -0.478 e. The van der Waals surface area contributed by atoms with Gasteiger partial charge in [-0.05, 0) is 37.1 Å². The number of rotatable bonds is 7. The van der Waals surface area contributed by atoms with Crippen molar-refractivity contribution in [3.63, 3.8) is 0 Å². The molecule has 0 spiro atoms. The van der Waals surface area contributed by atoms with Gasteiger partial charge in [0.25, 0.3) is 0 Å². The third-order valence-electron chi connectivity index (χ3n) is 5.59. The van der Waals surface area contributed by atoms with E-state index in [1.807, 2.05) is 0 Å². The van der Waals surface area contributed by atoms with Crippen molar-refractivity contribution in [2.24, 2.45) is 0 Å². The second kappa shape index (κ2) is 10.0. The van der Waals surface area contributed by atoms with Crippen LogP contribution in [0.5, 0.6) is 0 Å². The normalized spacial score (nSPS) is 13.3. The number of hydrogen-bond acceptors (Lipinski definition) is 4. The van der Waals surface area contributed by atoms with Gasteiger partial charge in [-0.3, -0.25) is 4.68 Å². The molecule has 0 unspecified atom stereocenters. The van der Waals surface area contributed by atoms with E-state index in [2.05, 4.69) is 5.10 Å². The molecule has 1 radical (unpaired) electrons. The first-order valence-corrected chi connectivity index (χ1v) is 11.5. The number of carboxylic acid groups (broad SMARTS) is 1. The fourth-order valence-corrected chi connectivity index (χ4v) is 5.32. The Morgan fingerprint density at radius 2 is 1.97 bits per heavy atom. The molecule has 6 nitrogen and oxygen atoms in total. The van der Waals surface area contributed by atoms with Gasteiger partial charge in [-0.1, -0.05) is 29.4 Å². The van der Waals surface area contributed by atoms with E-state index in [1.54, 1.807) is 27.7 Å². The third kappa shape index (κ3) is 4.41. The fraction of sp³-hybridized carbons (Fsp3) is 0.217. The molecule has 11 heteroatoms. The number of aliphatic hydroxyl groups is 1. The van der Waals surface area contributed by atoms with Crippen molar-refractivity contribution in [1.29, 1.82) is 0 Å². The van der Waals surface area contributed by atoms with E-state index in [-0.39, 0.29) is 64.1 Å². The van der Waals surface area contributed by atoms with Crippen molar-refractivity contribution < 1.29 is 23.8 Å². The van der Waals surface area contributed by atoms with Crippen LogP contribution in [0.4, 0.5) is 8.78 Å². The van der Waals surface area contributed by atoms with Crippen LogP contribution in [-0.4, -0.2) is 66.7 Å². The van der Waals surface area contributed by atoms with Gasteiger partial charge in [0.1, 0.15) is 0 Å². The van der Waals surface area contributed by atoms with Gasteiger partial charge < -0.3 is 14.8 Å². The molecule has 0 aliphatic heterocycles. The van der Waals surface area contributed by atoms with Gasteiger partial charge in [-0.2, -0.15) is 5.10 Å². The van der Waals surface area contributed by atoms with Crippen molar-refractivity contribution in [2.75, 3.05) is 6.61 Å². The quantitative estimate of drug-likeness (QED) is 0.337. The van der Waals surface area contributed by atoms with Crippen LogP contribution in [0.1, 0.15) is 34.8 Å². The number of aliphatic hydroxyl groups excluding tert-OH is 1. The second-order valence-corrected chi connectivity index (χ2v) is 9.25. The number of halogens is 3. The van der Waals surface area contributed by atoms with Crippen molar-refractivity contribution in [3.05, 3.63) is 70.6 Å². The summed E-state index contributed by atoms with van der Waals surface area (Å²) in [6.07, 6.45) is 5.08. The Balaban J connectivity index is 0.00000274. The molecule has 2 heterocycles. The van der Waals surface area contributed by atoms with Gasteiger partial charge in [0, 0.05) is 62.5 Å². The first kappa shape index (κ1) is 25.2. The predicted molar refractivity (Wildman–Crippen MR) is 126 cm³/mol. The fourth-order valence-electron chi connectivity index (χ4n) is 3.96. The minimum atomic E-state index is -1.35.